The summed E-state index contributed by atoms with van der Waals surface area (Å²) in [6.07, 6.45) is 0. The average Bonchev–Trinajstić information content (AvgIpc) is 2.52. The number of hydrogen-bond acceptors (Lipinski definition) is 2. The molecule has 2 aromatic carbocycles. The first kappa shape index (κ1) is 18.9. The smallest absolute Gasteiger partial charge is 0.257 e. The molecule has 0 bridgehead atoms. The van der Waals surface area contributed by atoms with E-state index in [4.69, 9.17) is 12.2 Å². The van der Waals surface area contributed by atoms with E-state index in [1.165, 1.54) is 14.7 Å². The molecule has 0 aliphatic carbocycles. The van der Waals surface area contributed by atoms with Crippen molar-refractivity contribution in [3.63, 3.8) is 0 Å². The maximum atomic E-state index is 12.3. The van der Waals surface area contributed by atoms with Crippen molar-refractivity contribution in [1.29, 1.82) is 0 Å². The number of nitrogens with one attached hydrogen (secondary N) is 2. The molecule has 0 radical (unpaired) electrons. The summed E-state index contributed by atoms with van der Waals surface area (Å²) in [7, 11) is 0. The predicted molar refractivity (Wildman–Crippen MR) is 113 cm³/mol. The van der Waals surface area contributed by atoms with Gasteiger partial charge in [0, 0.05) is 14.8 Å². The van der Waals surface area contributed by atoms with Gasteiger partial charge >= 0.3 is 0 Å². The first-order chi connectivity index (χ1) is 11.3. The van der Waals surface area contributed by atoms with Crippen LogP contribution in [0.25, 0.3) is 0 Å². The molecule has 0 saturated carbocycles. The summed E-state index contributed by atoms with van der Waals surface area (Å²) in [5.41, 5.74) is 4.97. The fourth-order valence-electron chi connectivity index (χ4n) is 2.26. The van der Waals surface area contributed by atoms with Crippen LogP contribution in [0.2, 0.25) is 0 Å². The highest BCUT2D eigenvalue weighted by molar-refractivity contribution is 14.1. The van der Waals surface area contributed by atoms with Crippen molar-refractivity contribution in [3.05, 3.63) is 62.2 Å². The van der Waals surface area contributed by atoms with Gasteiger partial charge in [0.15, 0.2) is 5.11 Å². The number of hydrogen-bond donors (Lipinski definition) is 2. The van der Waals surface area contributed by atoms with Crippen LogP contribution in [-0.2, 0) is 0 Å². The average molecular weight is 452 g/mol. The zero-order chi connectivity index (χ0) is 17.9. The maximum Gasteiger partial charge on any atom is 0.257 e. The van der Waals surface area contributed by atoms with Gasteiger partial charge in [-0.15, -0.1) is 0 Å². The van der Waals surface area contributed by atoms with Crippen molar-refractivity contribution >= 4 is 51.5 Å². The maximum absolute atomic E-state index is 12.3. The molecule has 5 heteroatoms. The Morgan fingerprint density at radius 1 is 1.08 bits per heavy atom. The summed E-state index contributed by atoms with van der Waals surface area (Å²) < 4.78 is 1.20. The van der Waals surface area contributed by atoms with Crippen molar-refractivity contribution in [2.75, 3.05) is 5.32 Å². The van der Waals surface area contributed by atoms with Crippen LogP contribution in [0.1, 0.15) is 46.8 Å². The number of aryl methyl sites for hydroxylation is 2. The number of anilines is 1. The first-order valence-corrected chi connectivity index (χ1v) is 9.25. The van der Waals surface area contributed by atoms with Crippen LogP contribution in [0.3, 0.4) is 0 Å². The zero-order valence-corrected chi connectivity index (χ0v) is 17.2. The van der Waals surface area contributed by atoms with Gasteiger partial charge < -0.3 is 5.32 Å². The highest BCUT2D eigenvalue weighted by atomic mass is 127. The Bertz CT molecular complexity index is 770. The standard InChI is InChI=1S/C19H21IN2OS/c1-11(2)14-5-7-15(8-6-14)18(23)22-19(24)21-17-10-12(3)16(20)9-13(17)4/h5-11H,1-4H3,(H2,21,22,23,24). The Morgan fingerprint density at radius 3 is 2.29 bits per heavy atom. The van der Waals surface area contributed by atoms with Gasteiger partial charge in [0.25, 0.3) is 5.91 Å². The number of carbonyl (C=O) groups is 1. The molecule has 0 saturated heterocycles. The molecule has 3 nitrogen and oxygen atoms in total. The van der Waals surface area contributed by atoms with Crippen molar-refractivity contribution in [1.82, 2.24) is 5.32 Å². The second-order valence-corrected chi connectivity index (χ2v) is 7.67. The Balaban J connectivity index is 2.04. The summed E-state index contributed by atoms with van der Waals surface area (Å²) in [5, 5.41) is 6.14. The molecular formula is C19H21IN2OS. The van der Waals surface area contributed by atoms with Gasteiger partial charge in [-0.2, -0.15) is 0 Å². The van der Waals surface area contributed by atoms with Crippen LogP contribution in [0, 0.1) is 17.4 Å². The molecule has 0 heterocycles. The first-order valence-electron chi connectivity index (χ1n) is 7.77. The minimum atomic E-state index is -0.206. The van der Waals surface area contributed by atoms with Crippen molar-refractivity contribution in [2.45, 2.75) is 33.6 Å². The summed E-state index contributed by atoms with van der Waals surface area (Å²) in [5.74, 6) is 0.236. The highest BCUT2D eigenvalue weighted by Gasteiger charge is 2.10. The monoisotopic (exact) mass is 452 g/mol. The molecule has 2 aromatic rings. The summed E-state index contributed by atoms with van der Waals surface area (Å²) in [6.45, 7) is 8.31. The SMILES string of the molecule is Cc1cc(NC(=S)NC(=O)c2ccc(C(C)C)cc2)c(C)cc1I. The summed E-state index contributed by atoms with van der Waals surface area (Å²) in [6, 6.07) is 11.7. The molecular weight excluding hydrogens is 431 g/mol. The molecule has 126 valence electrons. The number of benzene rings is 2. The predicted octanol–water partition coefficient (Wildman–Crippen LogP) is 5.16. The van der Waals surface area contributed by atoms with E-state index in [2.05, 4.69) is 53.1 Å². The van der Waals surface area contributed by atoms with E-state index < -0.39 is 0 Å². The molecule has 0 aliphatic rings. The van der Waals surface area contributed by atoms with Crippen LogP contribution in [0.15, 0.2) is 36.4 Å². The molecule has 2 N–H and O–H groups in total. The van der Waals surface area contributed by atoms with Gasteiger partial charge in [-0.05, 0) is 95.5 Å². The van der Waals surface area contributed by atoms with Crippen LogP contribution < -0.4 is 10.6 Å². The zero-order valence-electron chi connectivity index (χ0n) is 14.2. The molecule has 0 aliphatic heterocycles. The second-order valence-electron chi connectivity index (χ2n) is 6.10. The summed E-state index contributed by atoms with van der Waals surface area (Å²) in [4.78, 5) is 12.3. The Hall–Kier alpha value is -1.47. The van der Waals surface area contributed by atoms with Gasteiger partial charge in [0.05, 0.1) is 0 Å². The number of thiocarbonyl (C=S) groups is 1. The van der Waals surface area contributed by atoms with Crippen molar-refractivity contribution in [2.24, 2.45) is 0 Å². The minimum absolute atomic E-state index is 0.206. The molecule has 0 unspecified atom stereocenters. The molecule has 2 rings (SSSR count). The lowest BCUT2D eigenvalue weighted by molar-refractivity contribution is 0.0977. The Kier molecular flexibility index (Phi) is 6.34. The van der Waals surface area contributed by atoms with E-state index in [0.717, 1.165) is 11.3 Å². The minimum Gasteiger partial charge on any atom is -0.332 e. The van der Waals surface area contributed by atoms with Gasteiger partial charge in [0.2, 0.25) is 0 Å². The van der Waals surface area contributed by atoms with Crippen molar-refractivity contribution < 1.29 is 4.79 Å². The third-order valence-electron chi connectivity index (χ3n) is 3.82. The van der Waals surface area contributed by atoms with E-state index >= 15 is 0 Å². The van der Waals surface area contributed by atoms with Crippen LogP contribution in [0.4, 0.5) is 5.69 Å². The van der Waals surface area contributed by atoms with Gasteiger partial charge in [-0.1, -0.05) is 26.0 Å². The Morgan fingerprint density at radius 2 is 1.71 bits per heavy atom. The summed E-state index contributed by atoms with van der Waals surface area (Å²) >= 11 is 7.58. The normalized spacial score (nSPS) is 10.6. The third kappa shape index (κ3) is 4.77. The topological polar surface area (TPSA) is 41.1 Å². The third-order valence-corrected chi connectivity index (χ3v) is 5.19. The van der Waals surface area contributed by atoms with Crippen LogP contribution >= 0.6 is 34.8 Å². The number of halogens is 1. The van der Waals surface area contributed by atoms with E-state index in [1.54, 1.807) is 0 Å². The van der Waals surface area contributed by atoms with Crippen LogP contribution in [0.5, 0.6) is 0 Å². The molecule has 0 aromatic heterocycles. The van der Waals surface area contributed by atoms with Gasteiger partial charge in [-0.25, -0.2) is 0 Å². The number of amides is 1. The molecule has 1 amide bonds. The van der Waals surface area contributed by atoms with Gasteiger partial charge in [0.1, 0.15) is 0 Å². The van der Waals surface area contributed by atoms with Crippen LogP contribution in [-0.4, -0.2) is 11.0 Å². The number of carbonyl (C=O) groups excluding carboxylic acids is 1. The lowest BCUT2D eigenvalue weighted by Gasteiger charge is -2.13. The molecule has 0 fully saturated rings. The van der Waals surface area contributed by atoms with E-state index in [-0.39, 0.29) is 5.91 Å². The Labute approximate surface area is 162 Å². The largest absolute Gasteiger partial charge is 0.332 e. The van der Waals surface area contributed by atoms with E-state index in [9.17, 15) is 4.79 Å². The fraction of sp³-hybridized carbons (Fsp3) is 0.263. The lowest BCUT2D eigenvalue weighted by atomic mass is 10.0. The molecule has 0 spiro atoms. The molecule has 0 atom stereocenters. The molecule has 24 heavy (non-hydrogen) atoms. The fourth-order valence-corrected chi connectivity index (χ4v) is 3.09. The lowest BCUT2D eigenvalue weighted by Crippen LogP contribution is -2.34. The van der Waals surface area contributed by atoms with E-state index in [0.29, 0.717) is 16.6 Å². The second kappa shape index (κ2) is 8.07. The van der Waals surface area contributed by atoms with Crippen molar-refractivity contribution in [3.8, 4) is 0 Å². The highest BCUT2D eigenvalue weighted by Crippen LogP contribution is 2.22. The number of rotatable bonds is 3. The quantitative estimate of drug-likeness (QED) is 0.500. The van der Waals surface area contributed by atoms with Gasteiger partial charge in [-0.3, -0.25) is 10.1 Å². The van der Waals surface area contributed by atoms with E-state index in [1.807, 2.05) is 44.2 Å².